The van der Waals surface area contributed by atoms with Gasteiger partial charge in [0.25, 0.3) is 5.56 Å². The van der Waals surface area contributed by atoms with Gasteiger partial charge < -0.3 is 4.98 Å². The van der Waals surface area contributed by atoms with Crippen LogP contribution in [-0.2, 0) is 4.79 Å². The van der Waals surface area contributed by atoms with Gasteiger partial charge in [-0.2, -0.15) is 0 Å². The Labute approximate surface area is 85.9 Å². The Morgan fingerprint density at radius 1 is 1.27 bits per heavy atom. The summed E-state index contributed by atoms with van der Waals surface area (Å²) in [5.74, 6) is -0.166. The van der Waals surface area contributed by atoms with Gasteiger partial charge in [0.15, 0.2) is 12.4 Å². The van der Waals surface area contributed by atoms with Crippen LogP contribution in [0.25, 0.3) is 0 Å². The second kappa shape index (κ2) is 3.88. The van der Waals surface area contributed by atoms with Crippen molar-refractivity contribution in [3.63, 3.8) is 0 Å². The van der Waals surface area contributed by atoms with Gasteiger partial charge in [0.2, 0.25) is 0 Å². The minimum Gasteiger partial charge on any atom is -0.328 e. The van der Waals surface area contributed by atoms with Crippen molar-refractivity contribution in [2.75, 3.05) is 0 Å². The number of H-pyrrole nitrogens is 1. The molecule has 0 saturated carbocycles. The Morgan fingerprint density at radius 2 is 2.13 bits per heavy atom. The van der Waals surface area contributed by atoms with Gasteiger partial charge in [-0.15, -0.1) is 4.58 Å². The van der Waals surface area contributed by atoms with Crippen LogP contribution in [0.2, 0.25) is 0 Å². The minimum absolute atomic E-state index is 0.166. The normalized spacial score (nSPS) is 17.3. The lowest BCUT2D eigenvalue weighted by atomic mass is 10.3. The Balaban J connectivity index is 2.43. The maximum atomic E-state index is 11.4. The second-order valence-electron chi connectivity index (χ2n) is 3.03. The molecular formula is C11H9N2O2+. The average Bonchev–Trinajstić information content (AvgIpc) is 2.24. The lowest BCUT2D eigenvalue weighted by molar-refractivity contribution is -0.371. The molecule has 1 N–H and O–H groups in total. The molecule has 4 nitrogen and oxygen atoms in total. The van der Waals surface area contributed by atoms with Crippen LogP contribution in [0.5, 0.6) is 0 Å². The SMILES string of the molecule is O=C1C=CC=C[N+]1=Cc1ccc[nH]c1=O. The van der Waals surface area contributed by atoms with E-state index < -0.39 is 0 Å². The fraction of sp³-hybridized carbons (Fsp3) is 0. The fourth-order valence-electron chi connectivity index (χ4n) is 1.23. The van der Waals surface area contributed by atoms with E-state index in [4.69, 9.17) is 0 Å². The van der Waals surface area contributed by atoms with Crippen LogP contribution < -0.4 is 5.56 Å². The van der Waals surface area contributed by atoms with Gasteiger partial charge in [-0.3, -0.25) is 4.79 Å². The zero-order valence-electron chi connectivity index (χ0n) is 7.88. The Bertz CT molecular complexity index is 536. The van der Waals surface area contributed by atoms with E-state index in [1.54, 1.807) is 36.7 Å². The molecule has 0 bridgehead atoms. The number of rotatable bonds is 1. The first kappa shape index (κ1) is 9.33. The minimum atomic E-state index is -0.215. The van der Waals surface area contributed by atoms with Gasteiger partial charge in [0.1, 0.15) is 5.56 Å². The van der Waals surface area contributed by atoms with Crippen LogP contribution in [0.15, 0.2) is 47.6 Å². The molecule has 0 radical (unpaired) electrons. The quantitative estimate of drug-likeness (QED) is 0.669. The predicted octanol–water partition coefficient (Wildman–Crippen LogP) is 0.416. The molecule has 4 heteroatoms. The molecule has 1 aromatic rings. The summed E-state index contributed by atoms with van der Waals surface area (Å²) >= 11 is 0. The lowest BCUT2D eigenvalue weighted by Gasteiger charge is -1.94. The zero-order valence-corrected chi connectivity index (χ0v) is 7.88. The number of hydrogen-bond donors (Lipinski definition) is 1. The first-order valence-corrected chi connectivity index (χ1v) is 4.47. The maximum absolute atomic E-state index is 11.4. The van der Waals surface area contributed by atoms with E-state index >= 15 is 0 Å². The number of aromatic amines is 1. The van der Waals surface area contributed by atoms with E-state index in [0.717, 1.165) is 0 Å². The molecule has 2 heterocycles. The van der Waals surface area contributed by atoms with E-state index in [1.807, 2.05) is 0 Å². The number of pyridine rings is 1. The molecule has 0 fully saturated rings. The highest BCUT2D eigenvalue weighted by molar-refractivity contribution is 5.88. The van der Waals surface area contributed by atoms with E-state index in [9.17, 15) is 9.59 Å². The number of allylic oxidation sites excluding steroid dienone is 2. The van der Waals surface area contributed by atoms with Gasteiger partial charge in [-0.05, 0) is 18.2 Å². The monoisotopic (exact) mass is 201 g/mol. The summed E-state index contributed by atoms with van der Waals surface area (Å²) in [6, 6.07) is 3.36. The summed E-state index contributed by atoms with van der Waals surface area (Å²) in [5.41, 5.74) is 0.235. The smallest absolute Gasteiger partial charge is 0.328 e. The van der Waals surface area contributed by atoms with Crippen molar-refractivity contribution in [1.82, 2.24) is 4.98 Å². The van der Waals surface area contributed by atoms with Crippen LogP contribution in [0.4, 0.5) is 0 Å². The topological polar surface area (TPSA) is 52.9 Å². The molecule has 1 aliphatic heterocycles. The van der Waals surface area contributed by atoms with E-state index in [1.165, 1.54) is 16.9 Å². The van der Waals surface area contributed by atoms with Crippen LogP contribution >= 0.6 is 0 Å². The number of amides is 1. The summed E-state index contributed by atoms with van der Waals surface area (Å²) < 4.78 is 1.37. The lowest BCUT2D eigenvalue weighted by Crippen LogP contribution is -2.20. The zero-order chi connectivity index (χ0) is 10.7. The van der Waals surface area contributed by atoms with Crippen LogP contribution in [-0.4, -0.2) is 21.7 Å². The number of aromatic nitrogens is 1. The highest BCUT2D eigenvalue weighted by Crippen LogP contribution is 1.94. The van der Waals surface area contributed by atoms with Crippen LogP contribution in [0.1, 0.15) is 5.56 Å². The maximum Gasteiger partial charge on any atom is 0.417 e. The van der Waals surface area contributed by atoms with E-state index in [2.05, 4.69) is 4.98 Å². The number of nitrogens with one attached hydrogen (secondary N) is 1. The number of carbonyl (C=O) groups is 1. The fourth-order valence-corrected chi connectivity index (χ4v) is 1.23. The number of nitrogens with zero attached hydrogens (tertiary/aromatic N) is 1. The standard InChI is InChI=1S/C11H8N2O2/c14-10-5-1-2-7-13(10)8-9-4-3-6-12-11(9)15/h1-8H/p+1. The molecule has 0 aliphatic carbocycles. The summed E-state index contributed by atoms with van der Waals surface area (Å²) in [6.07, 6.45) is 9.48. The van der Waals surface area contributed by atoms with Gasteiger partial charge in [-0.25, -0.2) is 4.79 Å². The van der Waals surface area contributed by atoms with Gasteiger partial charge in [0, 0.05) is 12.3 Å². The van der Waals surface area contributed by atoms with Crippen molar-refractivity contribution < 1.29 is 9.37 Å². The molecule has 15 heavy (non-hydrogen) atoms. The summed E-state index contributed by atoms with van der Waals surface area (Å²) in [4.78, 5) is 25.2. The summed E-state index contributed by atoms with van der Waals surface area (Å²) in [5, 5.41) is 0. The largest absolute Gasteiger partial charge is 0.417 e. The van der Waals surface area contributed by atoms with Crippen molar-refractivity contribution in [3.8, 4) is 0 Å². The van der Waals surface area contributed by atoms with Crippen molar-refractivity contribution in [2.24, 2.45) is 0 Å². The molecule has 1 aromatic heterocycles. The van der Waals surface area contributed by atoms with Crippen molar-refractivity contribution >= 4 is 12.1 Å². The molecule has 0 spiro atoms. The number of carbonyl (C=O) groups excluding carboxylic acids is 1. The predicted molar refractivity (Wildman–Crippen MR) is 55.8 cm³/mol. The third-order valence-electron chi connectivity index (χ3n) is 1.98. The molecule has 1 amide bonds. The van der Waals surface area contributed by atoms with Crippen molar-refractivity contribution in [2.45, 2.75) is 0 Å². The first-order valence-electron chi connectivity index (χ1n) is 4.47. The van der Waals surface area contributed by atoms with Gasteiger partial charge in [0.05, 0.1) is 6.08 Å². The Morgan fingerprint density at radius 3 is 2.87 bits per heavy atom. The highest BCUT2D eigenvalue weighted by atomic mass is 16.2. The molecule has 1 aliphatic rings. The molecule has 0 atom stereocenters. The van der Waals surface area contributed by atoms with E-state index in [0.29, 0.717) is 5.56 Å². The third-order valence-corrected chi connectivity index (χ3v) is 1.98. The van der Waals surface area contributed by atoms with Crippen LogP contribution in [0, 0.1) is 0 Å². The molecule has 2 rings (SSSR count). The van der Waals surface area contributed by atoms with Crippen LogP contribution in [0.3, 0.4) is 0 Å². The molecule has 74 valence electrons. The summed E-state index contributed by atoms with van der Waals surface area (Å²) in [6.45, 7) is 0. The Hall–Kier alpha value is -2.23. The van der Waals surface area contributed by atoms with Crippen molar-refractivity contribution in [3.05, 3.63) is 58.7 Å². The molecular weight excluding hydrogens is 192 g/mol. The van der Waals surface area contributed by atoms with Crippen molar-refractivity contribution in [1.29, 1.82) is 0 Å². The summed E-state index contributed by atoms with van der Waals surface area (Å²) in [7, 11) is 0. The number of hydrogen-bond acceptors (Lipinski definition) is 2. The molecule has 0 aromatic carbocycles. The second-order valence-corrected chi connectivity index (χ2v) is 3.03. The Kier molecular flexibility index (Phi) is 2.41. The average molecular weight is 201 g/mol. The molecule has 0 unspecified atom stereocenters. The third kappa shape index (κ3) is 1.99. The molecule has 0 saturated heterocycles. The first-order chi connectivity index (χ1) is 7.27. The van der Waals surface area contributed by atoms with E-state index in [-0.39, 0.29) is 11.5 Å². The van der Waals surface area contributed by atoms with Gasteiger partial charge >= 0.3 is 5.91 Å². The highest BCUT2D eigenvalue weighted by Gasteiger charge is 2.14. The van der Waals surface area contributed by atoms with Gasteiger partial charge in [-0.1, -0.05) is 0 Å².